The smallest absolute Gasteiger partial charge is 0.143 e. The van der Waals surface area contributed by atoms with Crippen LogP contribution in [0.25, 0.3) is 55.0 Å². The first-order valence-electron chi connectivity index (χ1n) is 9.12. The molecule has 0 radical (unpaired) electrons. The Balaban J connectivity index is 1.70. The molecule has 0 bridgehead atoms. The topological polar surface area (TPSA) is 26.3 Å². The van der Waals surface area contributed by atoms with Crippen LogP contribution in [0.1, 0.15) is 5.56 Å². The van der Waals surface area contributed by atoms with Gasteiger partial charge in [-0.15, -0.1) is 0 Å². The summed E-state index contributed by atoms with van der Waals surface area (Å²) in [6, 6.07) is 27.1. The predicted octanol–water partition coefficient (Wildman–Crippen LogP) is 7.46. The van der Waals surface area contributed by atoms with Gasteiger partial charge in [0, 0.05) is 27.1 Å². The number of hydrogen-bond acceptors (Lipinski definition) is 2. The first-order chi connectivity index (χ1) is 13.3. The van der Waals surface area contributed by atoms with E-state index in [1.165, 1.54) is 16.3 Å². The van der Waals surface area contributed by atoms with Crippen molar-refractivity contribution in [3.8, 4) is 11.1 Å². The summed E-state index contributed by atoms with van der Waals surface area (Å²) in [5.74, 6) is 0. The second-order valence-electron chi connectivity index (χ2n) is 7.04. The van der Waals surface area contributed by atoms with Crippen molar-refractivity contribution in [3.05, 3.63) is 84.4 Å². The van der Waals surface area contributed by atoms with Crippen molar-refractivity contribution >= 4 is 43.9 Å². The van der Waals surface area contributed by atoms with Crippen LogP contribution in [0.3, 0.4) is 0 Å². The summed E-state index contributed by atoms with van der Waals surface area (Å²) in [7, 11) is 0. The summed E-state index contributed by atoms with van der Waals surface area (Å²) in [4.78, 5) is 0. The van der Waals surface area contributed by atoms with Crippen molar-refractivity contribution in [1.29, 1.82) is 0 Å². The van der Waals surface area contributed by atoms with Crippen LogP contribution in [0.15, 0.2) is 87.7 Å². The lowest BCUT2D eigenvalue weighted by atomic mass is 9.98. The summed E-state index contributed by atoms with van der Waals surface area (Å²) < 4.78 is 12.3. The van der Waals surface area contributed by atoms with Gasteiger partial charge in [-0.3, -0.25) is 0 Å². The molecule has 0 saturated heterocycles. The Morgan fingerprint density at radius 1 is 0.593 bits per heavy atom. The largest absolute Gasteiger partial charge is 0.456 e. The summed E-state index contributed by atoms with van der Waals surface area (Å²) in [5, 5.41) is 4.64. The fraction of sp³-hybridized carbons (Fsp3) is 0.0400. The summed E-state index contributed by atoms with van der Waals surface area (Å²) in [5.41, 5.74) is 7.18. The molecule has 2 aromatic heterocycles. The molecule has 0 aliphatic heterocycles. The van der Waals surface area contributed by atoms with E-state index in [4.69, 9.17) is 8.83 Å². The molecule has 0 N–H and O–H groups in total. The molecule has 0 amide bonds. The van der Waals surface area contributed by atoms with Crippen LogP contribution in [0.4, 0.5) is 0 Å². The van der Waals surface area contributed by atoms with Gasteiger partial charge in [-0.05, 0) is 42.3 Å². The second-order valence-corrected chi connectivity index (χ2v) is 7.04. The molecule has 6 aromatic rings. The number of benzene rings is 4. The highest BCUT2D eigenvalue weighted by molar-refractivity contribution is 6.12. The van der Waals surface area contributed by atoms with Gasteiger partial charge in [-0.1, -0.05) is 54.6 Å². The predicted molar refractivity (Wildman–Crippen MR) is 111 cm³/mol. The SMILES string of the molecule is Cc1ccc(-c2ccc3oc4ccccc4c3c2)c2oc3ccccc3c12. The van der Waals surface area contributed by atoms with Gasteiger partial charge in [0.1, 0.15) is 22.3 Å². The van der Waals surface area contributed by atoms with Gasteiger partial charge in [-0.25, -0.2) is 0 Å². The summed E-state index contributed by atoms with van der Waals surface area (Å²) >= 11 is 0. The number of furan rings is 2. The summed E-state index contributed by atoms with van der Waals surface area (Å²) in [6.45, 7) is 2.14. The van der Waals surface area contributed by atoms with Crippen molar-refractivity contribution in [2.45, 2.75) is 6.92 Å². The van der Waals surface area contributed by atoms with Crippen LogP contribution in [0, 0.1) is 6.92 Å². The highest BCUT2D eigenvalue weighted by atomic mass is 16.3. The fourth-order valence-corrected chi connectivity index (χ4v) is 4.11. The summed E-state index contributed by atoms with van der Waals surface area (Å²) in [6.07, 6.45) is 0. The normalized spacial score (nSPS) is 11.9. The van der Waals surface area contributed by atoms with Crippen LogP contribution in [-0.4, -0.2) is 0 Å². The van der Waals surface area contributed by atoms with Crippen LogP contribution in [-0.2, 0) is 0 Å². The molecule has 128 valence electrons. The van der Waals surface area contributed by atoms with Crippen molar-refractivity contribution < 1.29 is 8.83 Å². The van der Waals surface area contributed by atoms with Crippen LogP contribution in [0.2, 0.25) is 0 Å². The molecule has 2 heterocycles. The number of aryl methyl sites for hydroxylation is 1. The maximum Gasteiger partial charge on any atom is 0.143 e. The average molecular weight is 348 g/mol. The van der Waals surface area contributed by atoms with E-state index >= 15 is 0 Å². The molecular formula is C25H16O2. The van der Waals surface area contributed by atoms with E-state index < -0.39 is 0 Å². The number of rotatable bonds is 1. The van der Waals surface area contributed by atoms with E-state index in [0.717, 1.165) is 44.2 Å². The third-order valence-corrected chi connectivity index (χ3v) is 5.42. The Kier molecular flexibility index (Phi) is 2.84. The molecule has 0 unspecified atom stereocenters. The molecule has 0 aliphatic carbocycles. The van der Waals surface area contributed by atoms with Crippen molar-refractivity contribution in [2.24, 2.45) is 0 Å². The lowest BCUT2D eigenvalue weighted by Gasteiger charge is -2.05. The van der Waals surface area contributed by atoms with Crippen molar-refractivity contribution in [3.63, 3.8) is 0 Å². The second kappa shape index (κ2) is 5.24. The van der Waals surface area contributed by atoms with Crippen LogP contribution >= 0.6 is 0 Å². The van der Waals surface area contributed by atoms with Gasteiger partial charge in [-0.2, -0.15) is 0 Å². The van der Waals surface area contributed by atoms with Gasteiger partial charge in [0.15, 0.2) is 0 Å². The zero-order chi connectivity index (χ0) is 18.0. The first kappa shape index (κ1) is 14.6. The van der Waals surface area contributed by atoms with Crippen LogP contribution < -0.4 is 0 Å². The monoisotopic (exact) mass is 348 g/mol. The van der Waals surface area contributed by atoms with E-state index in [-0.39, 0.29) is 0 Å². The Hall–Kier alpha value is -3.52. The maximum absolute atomic E-state index is 6.28. The van der Waals surface area contributed by atoms with Gasteiger partial charge in [0.25, 0.3) is 0 Å². The molecule has 6 rings (SSSR count). The molecule has 2 nitrogen and oxygen atoms in total. The van der Waals surface area contributed by atoms with Gasteiger partial charge in [0.05, 0.1) is 0 Å². The zero-order valence-corrected chi connectivity index (χ0v) is 14.8. The van der Waals surface area contributed by atoms with E-state index in [1.807, 2.05) is 30.3 Å². The molecule has 0 aliphatic rings. The highest BCUT2D eigenvalue weighted by Crippen LogP contribution is 2.39. The number of hydrogen-bond donors (Lipinski definition) is 0. The molecule has 4 aromatic carbocycles. The van der Waals surface area contributed by atoms with Crippen molar-refractivity contribution in [2.75, 3.05) is 0 Å². The van der Waals surface area contributed by atoms with Crippen LogP contribution in [0.5, 0.6) is 0 Å². The van der Waals surface area contributed by atoms with E-state index in [2.05, 4.69) is 55.5 Å². The standard InChI is InChI=1S/C25H16O2/c1-15-10-12-17(25-24(15)19-7-3-5-9-22(19)27-25)16-11-13-23-20(14-16)18-6-2-4-8-21(18)26-23/h2-14H,1H3. The molecular weight excluding hydrogens is 332 g/mol. The Bertz CT molecular complexity index is 1480. The maximum atomic E-state index is 6.28. The lowest BCUT2D eigenvalue weighted by Crippen LogP contribution is -1.82. The third-order valence-electron chi connectivity index (χ3n) is 5.42. The van der Waals surface area contributed by atoms with E-state index in [1.54, 1.807) is 0 Å². The molecule has 0 spiro atoms. The minimum atomic E-state index is 0.910. The average Bonchev–Trinajstić information content (AvgIpc) is 3.27. The van der Waals surface area contributed by atoms with E-state index in [0.29, 0.717) is 0 Å². The minimum absolute atomic E-state index is 0.910. The fourth-order valence-electron chi connectivity index (χ4n) is 4.11. The molecule has 0 atom stereocenters. The quantitative estimate of drug-likeness (QED) is 0.308. The first-order valence-corrected chi connectivity index (χ1v) is 9.12. The highest BCUT2D eigenvalue weighted by Gasteiger charge is 2.15. The molecule has 2 heteroatoms. The lowest BCUT2D eigenvalue weighted by molar-refractivity contribution is 0.668. The minimum Gasteiger partial charge on any atom is -0.456 e. The molecule has 0 saturated carbocycles. The zero-order valence-electron chi connectivity index (χ0n) is 14.8. The van der Waals surface area contributed by atoms with Gasteiger partial charge < -0.3 is 8.83 Å². The Morgan fingerprint density at radius 2 is 1.30 bits per heavy atom. The number of fused-ring (bicyclic) bond motifs is 6. The number of para-hydroxylation sites is 2. The molecule has 0 fully saturated rings. The van der Waals surface area contributed by atoms with E-state index in [9.17, 15) is 0 Å². The molecule has 27 heavy (non-hydrogen) atoms. The van der Waals surface area contributed by atoms with Gasteiger partial charge in [0.2, 0.25) is 0 Å². The Morgan fingerprint density at radius 3 is 2.15 bits per heavy atom. The third kappa shape index (κ3) is 2.01. The Labute approximate surface area is 155 Å². The van der Waals surface area contributed by atoms with Crippen molar-refractivity contribution in [1.82, 2.24) is 0 Å². The van der Waals surface area contributed by atoms with Gasteiger partial charge >= 0.3 is 0 Å².